The Labute approximate surface area is 115 Å². The molecular weight excluding hydrogens is 316 g/mol. The molecule has 18 heavy (non-hydrogen) atoms. The summed E-state index contributed by atoms with van der Waals surface area (Å²) in [6.45, 7) is 0.588. The molecular formula is C12H13BrN2O2S. The molecule has 1 heterocycles. The van der Waals surface area contributed by atoms with Crippen LogP contribution in [0.4, 0.5) is 5.69 Å². The van der Waals surface area contributed by atoms with Crippen molar-refractivity contribution in [2.75, 3.05) is 23.4 Å². The average molecular weight is 329 g/mol. The van der Waals surface area contributed by atoms with Crippen molar-refractivity contribution < 1.29 is 8.42 Å². The number of benzene rings is 1. The summed E-state index contributed by atoms with van der Waals surface area (Å²) in [4.78, 5) is 0. The molecule has 0 amide bonds. The minimum atomic E-state index is -2.84. The van der Waals surface area contributed by atoms with Crippen LogP contribution < -0.4 is 5.32 Å². The maximum atomic E-state index is 11.3. The molecule has 0 aromatic heterocycles. The number of nitriles is 1. The molecule has 1 aliphatic rings. The zero-order valence-corrected chi connectivity index (χ0v) is 12.1. The van der Waals surface area contributed by atoms with Crippen molar-refractivity contribution in [2.45, 2.75) is 6.42 Å². The van der Waals surface area contributed by atoms with Gasteiger partial charge in [-0.3, -0.25) is 0 Å². The van der Waals surface area contributed by atoms with E-state index in [2.05, 4.69) is 27.3 Å². The van der Waals surface area contributed by atoms with Gasteiger partial charge in [-0.15, -0.1) is 0 Å². The van der Waals surface area contributed by atoms with Gasteiger partial charge in [0.25, 0.3) is 0 Å². The Kier molecular flexibility index (Phi) is 3.93. The Morgan fingerprint density at radius 3 is 2.89 bits per heavy atom. The van der Waals surface area contributed by atoms with Gasteiger partial charge in [-0.1, -0.05) is 15.9 Å². The van der Waals surface area contributed by atoms with Gasteiger partial charge in [-0.2, -0.15) is 5.26 Å². The highest BCUT2D eigenvalue weighted by atomic mass is 79.9. The SMILES string of the molecule is N#Cc1ccc(Br)cc1NCC1CCS(=O)(=O)C1. The Balaban J connectivity index is 2.03. The molecule has 96 valence electrons. The van der Waals surface area contributed by atoms with Crippen LogP contribution in [-0.2, 0) is 9.84 Å². The molecule has 1 unspecified atom stereocenters. The van der Waals surface area contributed by atoms with Crippen LogP contribution in [0.1, 0.15) is 12.0 Å². The van der Waals surface area contributed by atoms with Crippen LogP contribution in [0, 0.1) is 17.2 Å². The van der Waals surface area contributed by atoms with Crippen molar-refractivity contribution in [1.29, 1.82) is 5.26 Å². The number of hydrogen-bond donors (Lipinski definition) is 1. The normalized spacial score (nSPS) is 21.4. The van der Waals surface area contributed by atoms with Gasteiger partial charge in [0, 0.05) is 11.0 Å². The lowest BCUT2D eigenvalue weighted by Gasteiger charge is -2.12. The lowest BCUT2D eigenvalue weighted by molar-refractivity contribution is 0.596. The third-order valence-corrected chi connectivity index (χ3v) is 5.34. The molecule has 1 aromatic rings. The molecule has 1 saturated heterocycles. The fourth-order valence-corrected chi connectivity index (χ4v) is 4.27. The van der Waals surface area contributed by atoms with E-state index in [0.717, 1.165) is 10.2 Å². The van der Waals surface area contributed by atoms with Crippen molar-refractivity contribution in [3.8, 4) is 6.07 Å². The Bertz CT molecular complexity index is 593. The summed E-state index contributed by atoms with van der Waals surface area (Å²) in [6, 6.07) is 7.49. The molecule has 6 heteroatoms. The third kappa shape index (κ3) is 3.24. The number of nitrogens with zero attached hydrogens (tertiary/aromatic N) is 1. The Hall–Kier alpha value is -1.06. The second kappa shape index (κ2) is 5.29. The van der Waals surface area contributed by atoms with Gasteiger partial charge in [-0.25, -0.2) is 8.42 Å². The first-order chi connectivity index (χ1) is 8.50. The zero-order valence-electron chi connectivity index (χ0n) is 9.69. The molecule has 4 nitrogen and oxygen atoms in total. The molecule has 1 aliphatic heterocycles. The standard InChI is InChI=1S/C12H13BrN2O2S/c13-11-2-1-10(6-14)12(5-11)15-7-9-3-4-18(16,17)8-9/h1-2,5,9,15H,3-4,7-8H2. The predicted molar refractivity (Wildman–Crippen MR) is 74.1 cm³/mol. The van der Waals surface area contributed by atoms with E-state index >= 15 is 0 Å². The Morgan fingerprint density at radius 2 is 2.28 bits per heavy atom. The van der Waals surface area contributed by atoms with Crippen LogP contribution >= 0.6 is 15.9 Å². The second-order valence-electron chi connectivity index (χ2n) is 4.45. The van der Waals surface area contributed by atoms with Crippen molar-refractivity contribution in [2.24, 2.45) is 5.92 Å². The van der Waals surface area contributed by atoms with Gasteiger partial charge in [0.1, 0.15) is 6.07 Å². The molecule has 2 rings (SSSR count). The largest absolute Gasteiger partial charge is 0.384 e. The maximum absolute atomic E-state index is 11.3. The lowest BCUT2D eigenvalue weighted by atomic mass is 10.1. The highest BCUT2D eigenvalue weighted by molar-refractivity contribution is 9.10. The number of anilines is 1. The van der Waals surface area contributed by atoms with Crippen LogP contribution in [0.25, 0.3) is 0 Å². The summed E-state index contributed by atoms with van der Waals surface area (Å²) in [6.07, 6.45) is 0.700. The fraction of sp³-hybridized carbons (Fsp3) is 0.417. The molecule has 1 aromatic carbocycles. The summed E-state index contributed by atoms with van der Waals surface area (Å²) in [5, 5.41) is 12.2. The van der Waals surface area contributed by atoms with Crippen LogP contribution in [0.3, 0.4) is 0 Å². The van der Waals surface area contributed by atoms with E-state index in [0.29, 0.717) is 18.5 Å². The topological polar surface area (TPSA) is 70.0 Å². The van der Waals surface area contributed by atoms with Crippen molar-refractivity contribution in [1.82, 2.24) is 0 Å². The lowest BCUT2D eigenvalue weighted by Crippen LogP contribution is -2.16. The highest BCUT2D eigenvalue weighted by Crippen LogP contribution is 2.23. The van der Waals surface area contributed by atoms with Gasteiger partial charge >= 0.3 is 0 Å². The summed E-state index contributed by atoms with van der Waals surface area (Å²) in [5.41, 5.74) is 1.32. The number of rotatable bonds is 3. The van der Waals surface area contributed by atoms with Gasteiger partial charge in [-0.05, 0) is 30.5 Å². The van der Waals surface area contributed by atoms with E-state index in [1.54, 1.807) is 6.07 Å². The predicted octanol–water partition coefficient (Wildman–Crippen LogP) is 2.17. The van der Waals surface area contributed by atoms with Gasteiger partial charge < -0.3 is 5.32 Å². The number of halogens is 1. The maximum Gasteiger partial charge on any atom is 0.150 e. The molecule has 0 saturated carbocycles. The summed E-state index contributed by atoms with van der Waals surface area (Å²) < 4.78 is 23.6. The number of hydrogen-bond acceptors (Lipinski definition) is 4. The van der Waals surface area contributed by atoms with Crippen molar-refractivity contribution in [3.63, 3.8) is 0 Å². The minimum absolute atomic E-state index is 0.139. The van der Waals surface area contributed by atoms with Crippen molar-refractivity contribution in [3.05, 3.63) is 28.2 Å². The van der Waals surface area contributed by atoms with Crippen molar-refractivity contribution >= 4 is 31.5 Å². The average Bonchev–Trinajstić information content (AvgIpc) is 2.66. The quantitative estimate of drug-likeness (QED) is 0.923. The molecule has 0 spiro atoms. The van der Waals surface area contributed by atoms with Crippen LogP contribution in [0.2, 0.25) is 0 Å². The van der Waals surface area contributed by atoms with Crippen LogP contribution in [0.5, 0.6) is 0 Å². The molecule has 1 atom stereocenters. The van der Waals surface area contributed by atoms with E-state index in [1.807, 2.05) is 12.1 Å². The first-order valence-electron chi connectivity index (χ1n) is 5.64. The Morgan fingerprint density at radius 1 is 1.50 bits per heavy atom. The van der Waals surface area contributed by atoms with Crippen LogP contribution in [-0.4, -0.2) is 26.5 Å². The molecule has 0 radical (unpaired) electrons. The number of nitrogens with one attached hydrogen (secondary N) is 1. The number of sulfone groups is 1. The first-order valence-corrected chi connectivity index (χ1v) is 8.25. The van der Waals surface area contributed by atoms with Gasteiger partial charge in [0.2, 0.25) is 0 Å². The second-order valence-corrected chi connectivity index (χ2v) is 7.60. The molecule has 1 fully saturated rings. The van der Waals surface area contributed by atoms with Gasteiger partial charge in [0.05, 0.1) is 22.8 Å². The minimum Gasteiger partial charge on any atom is -0.384 e. The summed E-state index contributed by atoms with van der Waals surface area (Å²) in [7, 11) is -2.84. The van der Waals surface area contributed by atoms with E-state index in [4.69, 9.17) is 5.26 Å². The van der Waals surface area contributed by atoms with E-state index in [1.165, 1.54) is 0 Å². The first kappa shape index (κ1) is 13.4. The fourth-order valence-electron chi connectivity index (χ4n) is 2.05. The summed E-state index contributed by atoms with van der Waals surface area (Å²) in [5.74, 6) is 0.666. The van der Waals surface area contributed by atoms with E-state index in [-0.39, 0.29) is 17.4 Å². The smallest absolute Gasteiger partial charge is 0.150 e. The molecule has 0 aliphatic carbocycles. The molecule has 1 N–H and O–H groups in total. The highest BCUT2D eigenvalue weighted by Gasteiger charge is 2.27. The zero-order chi connectivity index (χ0) is 13.2. The van der Waals surface area contributed by atoms with Gasteiger partial charge in [0.15, 0.2) is 9.84 Å². The van der Waals surface area contributed by atoms with E-state index in [9.17, 15) is 8.42 Å². The van der Waals surface area contributed by atoms with E-state index < -0.39 is 9.84 Å². The van der Waals surface area contributed by atoms with Crippen LogP contribution in [0.15, 0.2) is 22.7 Å². The summed E-state index contributed by atoms with van der Waals surface area (Å²) >= 11 is 3.35. The monoisotopic (exact) mass is 328 g/mol. The third-order valence-electron chi connectivity index (χ3n) is 3.01. The molecule has 0 bridgehead atoms.